The van der Waals surface area contributed by atoms with Gasteiger partial charge in [0.15, 0.2) is 6.17 Å². The van der Waals surface area contributed by atoms with Crippen molar-refractivity contribution in [3.63, 3.8) is 0 Å². The molecule has 0 aliphatic heterocycles. The summed E-state index contributed by atoms with van der Waals surface area (Å²) in [5.74, 6) is 0.614. The van der Waals surface area contributed by atoms with Crippen molar-refractivity contribution in [2.24, 2.45) is 5.73 Å². The lowest BCUT2D eigenvalue weighted by molar-refractivity contribution is 0.343. The summed E-state index contributed by atoms with van der Waals surface area (Å²) >= 11 is 0. The second-order valence-electron chi connectivity index (χ2n) is 2.33. The van der Waals surface area contributed by atoms with Crippen LogP contribution in [-0.2, 0) is 0 Å². The number of aromatic nitrogens is 1. The van der Waals surface area contributed by atoms with E-state index >= 15 is 0 Å². The minimum Gasteiger partial charge on any atom is -0.495 e. The van der Waals surface area contributed by atoms with Crippen molar-refractivity contribution < 1.29 is 9.13 Å². The van der Waals surface area contributed by atoms with Gasteiger partial charge in [-0.3, -0.25) is 4.98 Å². The summed E-state index contributed by atoms with van der Waals surface area (Å²) in [6.45, 7) is -0.0423. The Kier molecular flexibility index (Phi) is 2.99. The van der Waals surface area contributed by atoms with Crippen LogP contribution in [0.1, 0.15) is 11.9 Å². The van der Waals surface area contributed by atoms with Gasteiger partial charge in [-0.05, 0) is 12.1 Å². The van der Waals surface area contributed by atoms with E-state index in [1.165, 1.54) is 13.3 Å². The zero-order valence-electron chi connectivity index (χ0n) is 6.83. The standard InChI is InChI=1S/C8H11FN2O/c1-12-6-2-3-8(11-5-6)7(9)4-10/h2-3,5,7H,4,10H2,1H3. The normalized spacial score (nSPS) is 12.6. The van der Waals surface area contributed by atoms with Crippen LogP contribution in [0, 0.1) is 0 Å². The summed E-state index contributed by atoms with van der Waals surface area (Å²) in [6, 6.07) is 3.22. The second-order valence-corrected chi connectivity index (χ2v) is 2.33. The van der Waals surface area contributed by atoms with Crippen LogP contribution in [0.15, 0.2) is 18.3 Å². The van der Waals surface area contributed by atoms with Gasteiger partial charge < -0.3 is 10.5 Å². The highest BCUT2D eigenvalue weighted by Crippen LogP contribution is 2.15. The number of hydrogen-bond acceptors (Lipinski definition) is 3. The largest absolute Gasteiger partial charge is 0.495 e. The zero-order chi connectivity index (χ0) is 8.97. The Labute approximate surface area is 70.4 Å². The second kappa shape index (κ2) is 4.01. The molecule has 1 heterocycles. The SMILES string of the molecule is COc1ccc(C(F)CN)nc1. The fraction of sp³-hybridized carbons (Fsp3) is 0.375. The smallest absolute Gasteiger partial charge is 0.154 e. The Hall–Kier alpha value is -1.16. The highest BCUT2D eigenvalue weighted by molar-refractivity contribution is 5.20. The van der Waals surface area contributed by atoms with Gasteiger partial charge in [0.2, 0.25) is 0 Å². The van der Waals surface area contributed by atoms with E-state index in [-0.39, 0.29) is 6.54 Å². The van der Waals surface area contributed by atoms with Crippen LogP contribution in [0.5, 0.6) is 5.75 Å². The predicted octanol–water partition coefficient (Wildman–Crippen LogP) is 1.06. The third kappa shape index (κ3) is 1.92. The van der Waals surface area contributed by atoms with Crippen LogP contribution >= 0.6 is 0 Å². The number of pyridine rings is 1. The molecular weight excluding hydrogens is 159 g/mol. The highest BCUT2D eigenvalue weighted by atomic mass is 19.1. The summed E-state index contributed by atoms with van der Waals surface area (Å²) < 4.78 is 17.7. The number of nitrogens with zero attached hydrogens (tertiary/aromatic N) is 1. The first kappa shape index (κ1) is 8.93. The molecule has 1 atom stereocenters. The molecule has 0 bridgehead atoms. The topological polar surface area (TPSA) is 48.1 Å². The molecule has 12 heavy (non-hydrogen) atoms. The van der Waals surface area contributed by atoms with Crippen molar-refractivity contribution in [3.8, 4) is 5.75 Å². The number of methoxy groups -OCH3 is 1. The van der Waals surface area contributed by atoms with E-state index < -0.39 is 6.17 Å². The Bertz CT molecular complexity index is 237. The van der Waals surface area contributed by atoms with Gasteiger partial charge in [0.05, 0.1) is 19.0 Å². The summed E-state index contributed by atoms with van der Waals surface area (Å²) in [5, 5.41) is 0. The van der Waals surface area contributed by atoms with Gasteiger partial charge >= 0.3 is 0 Å². The lowest BCUT2D eigenvalue weighted by Gasteiger charge is -2.04. The third-order valence-corrected chi connectivity index (χ3v) is 1.52. The van der Waals surface area contributed by atoms with Crippen LogP contribution in [0.3, 0.4) is 0 Å². The summed E-state index contributed by atoms with van der Waals surface area (Å²) in [6.07, 6.45) is 0.285. The van der Waals surface area contributed by atoms with Crippen LogP contribution in [0.25, 0.3) is 0 Å². The average Bonchev–Trinajstić information content (AvgIpc) is 2.17. The van der Waals surface area contributed by atoms with Gasteiger partial charge in [0.25, 0.3) is 0 Å². The quantitative estimate of drug-likeness (QED) is 0.737. The number of rotatable bonds is 3. The zero-order valence-corrected chi connectivity index (χ0v) is 6.83. The molecular formula is C8H11FN2O. The van der Waals surface area contributed by atoms with Gasteiger partial charge in [-0.1, -0.05) is 0 Å². The Morgan fingerprint density at radius 3 is 2.83 bits per heavy atom. The molecule has 0 aliphatic rings. The van der Waals surface area contributed by atoms with Gasteiger partial charge in [-0.2, -0.15) is 0 Å². The van der Waals surface area contributed by atoms with Gasteiger partial charge in [-0.15, -0.1) is 0 Å². The number of hydrogen-bond donors (Lipinski definition) is 1. The van der Waals surface area contributed by atoms with Crippen LogP contribution in [0.2, 0.25) is 0 Å². The fourth-order valence-electron chi connectivity index (χ4n) is 0.819. The summed E-state index contributed by atoms with van der Waals surface area (Å²) in [4.78, 5) is 3.84. The molecule has 0 aromatic carbocycles. The minimum atomic E-state index is -1.18. The Morgan fingerprint density at radius 2 is 2.42 bits per heavy atom. The number of alkyl halides is 1. The molecule has 0 amide bonds. The van der Waals surface area contributed by atoms with Crippen molar-refractivity contribution in [3.05, 3.63) is 24.0 Å². The number of nitrogens with two attached hydrogens (primary N) is 1. The molecule has 66 valence electrons. The third-order valence-electron chi connectivity index (χ3n) is 1.52. The van der Waals surface area contributed by atoms with Crippen LogP contribution in [-0.4, -0.2) is 18.6 Å². The van der Waals surface area contributed by atoms with E-state index in [9.17, 15) is 4.39 Å². The molecule has 0 fully saturated rings. The first-order chi connectivity index (χ1) is 5.77. The molecule has 2 N–H and O–H groups in total. The van der Waals surface area contributed by atoms with E-state index in [1.807, 2.05) is 0 Å². The van der Waals surface area contributed by atoms with E-state index in [4.69, 9.17) is 10.5 Å². The lowest BCUT2D eigenvalue weighted by atomic mass is 10.2. The molecule has 4 heteroatoms. The van der Waals surface area contributed by atoms with Crippen molar-refractivity contribution in [1.29, 1.82) is 0 Å². The Morgan fingerprint density at radius 1 is 1.67 bits per heavy atom. The van der Waals surface area contributed by atoms with Crippen molar-refractivity contribution in [2.75, 3.05) is 13.7 Å². The van der Waals surface area contributed by atoms with Crippen LogP contribution < -0.4 is 10.5 Å². The lowest BCUT2D eigenvalue weighted by Crippen LogP contribution is -2.08. The first-order valence-corrected chi connectivity index (χ1v) is 3.62. The minimum absolute atomic E-state index is 0.0423. The molecule has 0 radical (unpaired) electrons. The summed E-state index contributed by atoms with van der Waals surface area (Å²) in [5.41, 5.74) is 5.47. The molecule has 1 aromatic rings. The maximum absolute atomic E-state index is 12.9. The maximum Gasteiger partial charge on any atom is 0.154 e. The highest BCUT2D eigenvalue weighted by Gasteiger charge is 2.07. The van der Waals surface area contributed by atoms with Gasteiger partial charge in [0, 0.05) is 6.54 Å². The first-order valence-electron chi connectivity index (χ1n) is 3.62. The molecule has 0 saturated heterocycles. The summed E-state index contributed by atoms with van der Waals surface area (Å²) in [7, 11) is 1.53. The molecule has 0 spiro atoms. The fourth-order valence-corrected chi connectivity index (χ4v) is 0.819. The van der Waals surface area contributed by atoms with Gasteiger partial charge in [-0.25, -0.2) is 4.39 Å². The van der Waals surface area contributed by atoms with Crippen molar-refractivity contribution >= 4 is 0 Å². The molecule has 0 saturated carbocycles. The van der Waals surface area contributed by atoms with Gasteiger partial charge in [0.1, 0.15) is 5.75 Å². The number of ether oxygens (including phenoxy) is 1. The van der Waals surface area contributed by atoms with Crippen LogP contribution in [0.4, 0.5) is 4.39 Å². The molecule has 3 nitrogen and oxygen atoms in total. The molecule has 1 aromatic heterocycles. The number of halogens is 1. The Balaban J connectivity index is 2.77. The monoisotopic (exact) mass is 170 g/mol. The van der Waals surface area contributed by atoms with Crippen molar-refractivity contribution in [1.82, 2.24) is 4.98 Å². The average molecular weight is 170 g/mol. The molecule has 0 aliphatic carbocycles. The van der Waals surface area contributed by atoms with Crippen molar-refractivity contribution in [2.45, 2.75) is 6.17 Å². The van der Waals surface area contributed by atoms with E-state index in [1.54, 1.807) is 12.1 Å². The molecule has 1 rings (SSSR count). The van der Waals surface area contributed by atoms with E-state index in [0.717, 1.165) is 0 Å². The maximum atomic E-state index is 12.9. The molecule has 1 unspecified atom stereocenters. The van der Waals surface area contributed by atoms with E-state index in [2.05, 4.69) is 4.98 Å². The van der Waals surface area contributed by atoms with E-state index in [0.29, 0.717) is 11.4 Å². The predicted molar refractivity (Wildman–Crippen MR) is 43.7 cm³/mol.